The molecular formula is C22H19NO2S. The average Bonchev–Trinajstić information content (AvgIpc) is 2.67. The van der Waals surface area contributed by atoms with Crippen molar-refractivity contribution in [2.75, 3.05) is 5.73 Å². The predicted molar refractivity (Wildman–Crippen MR) is 109 cm³/mol. The fraction of sp³-hybridized carbons (Fsp3) is 0. The molecule has 26 heavy (non-hydrogen) atoms. The number of nitrogens with two attached hydrogens (primary N) is 1. The van der Waals surface area contributed by atoms with Gasteiger partial charge in [-0.15, -0.1) is 0 Å². The van der Waals surface area contributed by atoms with E-state index in [0.717, 1.165) is 20.9 Å². The van der Waals surface area contributed by atoms with Gasteiger partial charge in [0.15, 0.2) is 0 Å². The first-order chi connectivity index (χ1) is 12.6. The zero-order valence-electron chi connectivity index (χ0n) is 14.0. The highest BCUT2D eigenvalue weighted by Gasteiger charge is 1.97. The summed E-state index contributed by atoms with van der Waals surface area (Å²) in [5.41, 5.74) is 6.61. The third-order valence-electron chi connectivity index (χ3n) is 3.73. The van der Waals surface area contributed by atoms with Gasteiger partial charge in [0, 0.05) is 20.9 Å². The van der Waals surface area contributed by atoms with Crippen LogP contribution in [-0.4, -0.2) is 10.2 Å². The van der Waals surface area contributed by atoms with Crippen molar-refractivity contribution < 1.29 is 10.2 Å². The Labute approximate surface area is 156 Å². The van der Waals surface area contributed by atoms with Crippen LogP contribution in [0.15, 0.2) is 101 Å². The van der Waals surface area contributed by atoms with Crippen LogP contribution in [-0.2, 0) is 0 Å². The highest BCUT2D eigenvalue weighted by Crippen LogP contribution is 2.29. The van der Waals surface area contributed by atoms with Gasteiger partial charge in [0.2, 0.25) is 0 Å². The molecule has 0 saturated heterocycles. The van der Waals surface area contributed by atoms with E-state index < -0.39 is 0 Å². The first kappa shape index (κ1) is 17.7. The van der Waals surface area contributed by atoms with E-state index in [4.69, 9.17) is 15.9 Å². The molecule has 0 aliphatic heterocycles. The van der Waals surface area contributed by atoms with Crippen molar-refractivity contribution in [3.63, 3.8) is 0 Å². The summed E-state index contributed by atoms with van der Waals surface area (Å²) in [6, 6.07) is 28.1. The number of nitrogen functional groups attached to an aromatic ring is 1. The monoisotopic (exact) mass is 361 g/mol. The summed E-state index contributed by atoms with van der Waals surface area (Å²) in [5, 5.41) is 20.6. The smallest absolute Gasteiger partial charge is 0.115 e. The van der Waals surface area contributed by atoms with Crippen molar-refractivity contribution in [1.29, 1.82) is 0 Å². The number of hydrogen-bond acceptors (Lipinski definition) is 4. The maximum Gasteiger partial charge on any atom is 0.115 e. The second-order valence-corrected chi connectivity index (χ2v) is 6.81. The Morgan fingerprint density at radius 1 is 0.577 bits per heavy atom. The zero-order chi connectivity index (χ0) is 18.4. The average molecular weight is 361 g/mol. The van der Waals surface area contributed by atoms with Crippen LogP contribution < -0.4 is 5.73 Å². The van der Waals surface area contributed by atoms with Crippen LogP contribution in [0.2, 0.25) is 0 Å². The molecule has 4 aromatic carbocycles. The molecule has 4 rings (SSSR count). The Morgan fingerprint density at radius 3 is 1.62 bits per heavy atom. The van der Waals surface area contributed by atoms with Crippen LogP contribution in [0.3, 0.4) is 0 Å². The molecule has 0 amide bonds. The van der Waals surface area contributed by atoms with Crippen molar-refractivity contribution in [3.05, 3.63) is 91.0 Å². The topological polar surface area (TPSA) is 66.5 Å². The van der Waals surface area contributed by atoms with Crippen LogP contribution in [0.4, 0.5) is 5.69 Å². The van der Waals surface area contributed by atoms with Crippen molar-refractivity contribution in [3.8, 4) is 11.5 Å². The lowest BCUT2D eigenvalue weighted by molar-refractivity contribution is 0.474. The molecular weight excluding hydrogens is 342 g/mol. The second-order valence-electron chi connectivity index (χ2n) is 5.66. The SMILES string of the molecule is Nc1cccc2ccccc12.Oc1ccc(Sc2ccc(O)cc2)cc1. The maximum atomic E-state index is 9.12. The molecule has 3 nitrogen and oxygen atoms in total. The number of rotatable bonds is 2. The van der Waals surface area contributed by atoms with E-state index in [1.807, 2.05) is 54.6 Å². The van der Waals surface area contributed by atoms with Gasteiger partial charge in [-0.2, -0.15) is 0 Å². The normalized spacial score (nSPS) is 10.2. The van der Waals surface area contributed by atoms with Crippen molar-refractivity contribution >= 4 is 28.2 Å². The third-order valence-corrected chi connectivity index (χ3v) is 4.75. The molecule has 0 aromatic heterocycles. The minimum Gasteiger partial charge on any atom is -0.508 e. The molecule has 4 N–H and O–H groups in total. The number of fused-ring (bicyclic) bond motifs is 1. The highest BCUT2D eigenvalue weighted by atomic mass is 32.2. The van der Waals surface area contributed by atoms with E-state index >= 15 is 0 Å². The lowest BCUT2D eigenvalue weighted by atomic mass is 10.1. The standard InChI is InChI=1S/C12H10O2S.C10H9N/c13-9-1-5-11(6-2-9)15-12-7-3-10(14)4-8-12;11-10-7-3-5-8-4-1-2-6-9(8)10/h1-8,13-14H;1-7H,11H2. The summed E-state index contributed by atoms with van der Waals surface area (Å²) in [6.07, 6.45) is 0. The van der Waals surface area contributed by atoms with E-state index in [1.165, 1.54) is 5.39 Å². The number of aromatic hydroxyl groups is 2. The summed E-state index contributed by atoms with van der Waals surface area (Å²) in [6.45, 7) is 0. The Morgan fingerprint density at radius 2 is 1.08 bits per heavy atom. The van der Waals surface area contributed by atoms with Crippen molar-refractivity contribution in [1.82, 2.24) is 0 Å². The van der Waals surface area contributed by atoms with E-state index in [1.54, 1.807) is 36.0 Å². The predicted octanol–water partition coefficient (Wildman–Crippen LogP) is 5.67. The molecule has 0 radical (unpaired) electrons. The molecule has 0 spiro atoms. The number of hydrogen-bond donors (Lipinski definition) is 3. The van der Waals surface area contributed by atoms with Gasteiger partial charge in [0.05, 0.1) is 0 Å². The summed E-state index contributed by atoms with van der Waals surface area (Å²) in [4.78, 5) is 2.11. The Hall–Kier alpha value is -3.11. The van der Waals surface area contributed by atoms with Gasteiger partial charge in [-0.3, -0.25) is 0 Å². The van der Waals surface area contributed by atoms with Crippen molar-refractivity contribution in [2.45, 2.75) is 9.79 Å². The molecule has 0 fully saturated rings. The van der Waals surface area contributed by atoms with Gasteiger partial charge < -0.3 is 15.9 Å². The van der Waals surface area contributed by atoms with Gasteiger partial charge >= 0.3 is 0 Å². The molecule has 0 aliphatic carbocycles. The maximum absolute atomic E-state index is 9.12. The fourth-order valence-corrected chi connectivity index (χ4v) is 3.23. The lowest BCUT2D eigenvalue weighted by Crippen LogP contribution is -1.84. The second kappa shape index (κ2) is 8.32. The van der Waals surface area contributed by atoms with Crippen LogP contribution in [0.1, 0.15) is 0 Å². The minimum absolute atomic E-state index is 0.269. The number of phenols is 2. The van der Waals surface area contributed by atoms with Gasteiger partial charge in [-0.25, -0.2) is 0 Å². The third kappa shape index (κ3) is 4.71. The quantitative estimate of drug-likeness (QED) is 0.402. The van der Waals surface area contributed by atoms with E-state index in [9.17, 15) is 0 Å². The number of benzene rings is 4. The first-order valence-corrected chi connectivity index (χ1v) is 8.92. The Balaban J connectivity index is 0.000000158. The molecule has 130 valence electrons. The van der Waals surface area contributed by atoms with E-state index in [0.29, 0.717) is 0 Å². The van der Waals surface area contributed by atoms with Gasteiger partial charge in [0.1, 0.15) is 11.5 Å². The molecule has 0 heterocycles. The highest BCUT2D eigenvalue weighted by molar-refractivity contribution is 7.99. The largest absolute Gasteiger partial charge is 0.508 e. The number of phenolic OH excluding ortho intramolecular Hbond substituents is 2. The summed E-state index contributed by atoms with van der Waals surface area (Å²) in [7, 11) is 0. The summed E-state index contributed by atoms with van der Waals surface area (Å²) in [5.74, 6) is 0.537. The number of anilines is 1. The molecule has 4 heteroatoms. The molecule has 0 unspecified atom stereocenters. The van der Waals surface area contributed by atoms with Gasteiger partial charge in [0.25, 0.3) is 0 Å². The summed E-state index contributed by atoms with van der Waals surface area (Å²) >= 11 is 1.58. The lowest BCUT2D eigenvalue weighted by Gasteiger charge is -2.01. The van der Waals surface area contributed by atoms with Crippen molar-refractivity contribution in [2.24, 2.45) is 0 Å². The summed E-state index contributed by atoms with van der Waals surface area (Å²) < 4.78 is 0. The van der Waals surface area contributed by atoms with E-state index in [2.05, 4.69) is 12.1 Å². The first-order valence-electron chi connectivity index (χ1n) is 8.11. The molecule has 0 bridgehead atoms. The Kier molecular flexibility index (Phi) is 5.66. The van der Waals surface area contributed by atoms with Gasteiger partial charge in [-0.1, -0.05) is 48.2 Å². The van der Waals surface area contributed by atoms with E-state index in [-0.39, 0.29) is 11.5 Å². The molecule has 0 aliphatic rings. The molecule has 0 atom stereocenters. The minimum atomic E-state index is 0.269. The molecule has 0 saturated carbocycles. The van der Waals surface area contributed by atoms with Crippen LogP contribution in [0.5, 0.6) is 11.5 Å². The van der Waals surface area contributed by atoms with Crippen LogP contribution in [0.25, 0.3) is 10.8 Å². The molecule has 4 aromatic rings. The Bertz CT molecular complexity index is 934. The zero-order valence-corrected chi connectivity index (χ0v) is 14.9. The van der Waals surface area contributed by atoms with Crippen LogP contribution >= 0.6 is 11.8 Å². The van der Waals surface area contributed by atoms with Gasteiger partial charge in [-0.05, 0) is 60.0 Å². The van der Waals surface area contributed by atoms with Crippen LogP contribution in [0, 0.1) is 0 Å². The fourth-order valence-electron chi connectivity index (χ4n) is 2.41.